The fourth-order valence-electron chi connectivity index (χ4n) is 1.25. The lowest BCUT2D eigenvalue weighted by Gasteiger charge is -2.17. The smallest absolute Gasteiger partial charge is 0.151 e. The molecule has 2 N–H and O–H groups in total. The predicted octanol–water partition coefficient (Wildman–Crippen LogP) is 0.608. The van der Waals surface area contributed by atoms with Gasteiger partial charge in [0.05, 0.1) is 11.8 Å². The summed E-state index contributed by atoms with van der Waals surface area (Å²) >= 11 is 3.95. The van der Waals surface area contributed by atoms with Crippen molar-refractivity contribution in [3.63, 3.8) is 0 Å². The molecule has 5 heteroatoms. The van der Waals surface area contributed by atoms with Gasteiger partial charge in [-0.25, -0.2) is 0 Å². The van der Waals surface area contributed by atoms with Crippen LogP contribution in [0.4, 0.5) is 0 Å². The van der Waals surface area contributed by atoms with E-state index < -0.39 is 12.2 Å². The highest BCUT2D eigenvalue weighted by atomic mass is 32.1. The van der Waals surface area contributed by atoms with Crippen LogP contribution >= 0.6 is 12.6 Å². The van der Waals surface area contributed by atoms with Crippen LogP contribution in [-0.4, -0.2) is 33.3 Å². The number of aliphatic hydroxyl groups is 2. The quantitative estimate of drug-likeness (QED) is 0.509. The molecule has 1 heterocycles. The monoisotopic (exact) mass is 227 g/mol. The van der Waals surface area contributed by atoms with Gasteiger partial charge < -0.3 is 10.2 Å². The van der Waals surface area contributed by atoms with Crippen LogP contribution < -0.4 is 0 Å². The van der Waals surface area contributed by atoms with E-state index >= 15 is 0 Å². The first kappa shape index (κ1) is 12.2. The van der Waals surface area contributed by atoms with Gasteiger partial charge in [-0.3, -0.25) is 9.78 Å². The maximum atomic E-state index is 10.7. The number of carbonyl (C=O) groups is 1. The maximum absolute atomic E-state index is 10.7. The van der Waals surface area contributed by atoms with Crippen LogP contribution in [-0.2, 0) is 0 Å². The minimum atomic E-state index is -1.14. The van der Waals surface area contributed by atoms with Crippen molar-refractivity contribution >= 4 is 18.9 Å². The normalized spacial score (nSPS) is 14.6. The van der Waals surface area contributed by atoms with Gasteiger partial charge in [0.1, 0.15) is 6.10 Å². The minimum Gasteiger partial charge on any atom is -0.390 e. The SMILES string of the molecule is O=Cc1cccnc1C(O)C(O)CCS. The number of pyridine rings is 1. The highest BCUT2D eigenvalue weighted by Gasteiger charge is 2.21. The third-order valence-electron chi connectivity index (χ3n) is 2.07. The number of carbonyl (C=O) groups excluding carboxylic acids is 1. The molecule has 0 bridgehead atoms. The van der Waals surface area contributed by atoms with Crippen molar-refractivity contribution in [1.29, 1.82) is 0 Å². The summed E-state index contributed by atoms with van der Waals surface area (Å²) in [5.74, 6) is 0.460. The molecule has 0 saturated heterocycles. The molecule has 0 aliphatic carbocycles. The Morgan fingerprint density at radius 1 is 1.53 bits per heavy atom. The van der Waals surface area contributed by atoms with E-state index in [2.05, 4.69) is 17.6 Å². The Labute approximate surface area is 93.4 Å². The van der Waals surface area contributed by atoms with Crippen LogP contribution in [0, 0.1) is 0 Å². The van der Waals surface area contributed by atoms with Gasteiger partial charge in [-0.05, 0) is 24.3 Å². The summed E-state index contributed by atoms with van der Waals surface area (Å²) in [5.41, 5.74) is 0.505. The Morgan fingerprint density at radius 2 is 2.27 bits per heavy atom. The number of rotatable bonds is 5. The van der Waals surface area contributed by atoms with Gasteiger partial charge >= 0.3 is 0 Å². The summed E-state index contributed by atoms with van der Waals surface area (Å²) in [6.07, 6.45) is 0.339. The molecule has 0 amide bonds. The molecule has 15 heavy (non-hydrogen) atoms. The fourth-order valence-corrected chi connectivity index (χ4v) is 1.51. The summed E-state index contributed by atoms with van der Waals surface area (Å²) in [4.78, 5) is 14.6. The molecular weight excluding hydrogens is 214 g/mol. The highest BCUT2D eigenvalue weighted by molar-refractivity contribution is 7.80. The molecule has 2 unspecified atom stereocenters. The van der Waals surface area contributed by atoms with Crippen molar-refractivity contribution in [2.75, 3.05) is 5.75 Å². The molecule has 0 radical (unpaired) electrons. The number of aromatic nitrogens is 1. The third kappa shape index (κ3) is 3.02. The van der Waals surface area contributed by atoms with E-state index in [4.69, 9.17) is 0 Å². The number of nitrogens with zero attached hydrogens (tertiary/aromatic N) is 1. The van der Waals surface area contributed by atoms with Gasteiger partial charge in [-0.1, -0.05) is 0 Å². The minimum absolute atomic E-state index is 0.210. The molecule has 0 aliphatic rings. The first-order valence-corrected chi connectivity index (χ1v) is 5.21. The van der Waals surface area contributed by atoms with Crippen molar-refractivity contribution in [3.05, 3.63) is 29.6 Å². The number of hydrogen-bond donors (Lipinski definition) is 3. The first-order chi connectivity index (χ1) is 7.20. The first-order valence-electron chi connectivity index (χ1n) is 4.57. The summed E-state index contributed by atoms with van der Waals surface area (Å²) in [7, 11) is 0. The molecule has 0 aliphatic heterocycles. The summed E-state index contributed by atoms with van der Waals surface area (Å²) < 4.78 is 0. The second kappa shape index (κ2) is 5.85. The fraction of sp³-hybridized carbons (Fsp3) is 0.400. The Balaban J connectivity index is 2.89. The Hall–Kier alpha value is -0.910. The average Bonchev–Trinajstić information content (AvgIpc) is 2.28. The van der Waals surface area contributed by atoms with Crippen LogP contribution in [0.15, 0.2) is 18.3 Å². The number of aliphatic hydroxyl groups excluding tert-OH is 2. The van der Waals surface area contributed by atoms with Gasteiger partial charge in [-0.2, -0.15) is 12.6 Å². The van der Waals surface area contributed by atoms with Gasteiger partial charge in [0.2, 0.25) is 0 Å². The van der Waals surface area contributed by atoms with E-state index in [0.717, 1.165) is 0 Å². The Bertz CT molecular complexity index is 332. The summed E-state index contributed by atoms with van der Waals surface area (Å²) in [6, 6.07) is 3.15. The zero-order chi connectivity index (χ0) is 11.3. The highest BCUT2D eigenvalue weighted by Crippen LogP contribution is 2.19. The molecule has 82 valence electrons. The van der Waals surface area contributed by atoms with Gasteiger partial charge in [-0.15, -0.1) is 0 Å². The number of aldehydes is 1. The summed E-state index contributed by atoms with van der Waals surface area (Å²) in [5, 5.41) is 19.3. The van der Waals surface area contributed by atoms with E-state index in [0.29, 0.717) is 24.0 Å². The van der Waals surface area contributed by atoms with Gasteiger partial charge in [0.25, 0.3) is 0 Å². The second-order valence-electron chi connectivity index (χ2n) is 3.12. The van der Waals surface area contributed by atoms with Gasteiger partial charge in [0.15, 0.2) is 6.29 Å². The van der Waals surface area contributed by atoms with E-state index in [-0.39, 0.29) is 5.69 Å². The lowest BCUT2D eigenvalue weighted by Crippen LogP contribution is -2.21. The Kier molecular flexibility index (Phi) is 4.74. The molecule has 1 rings (SSSR count). The molecule has 4 nitrogen and oxygen atoms in total. The standard InChI is InChI=1S/C10H13NO3S/c12-6-7-2-1-4-11-9(7)10(14)8(13)3-5-15/h1-2,4,6,8,10,13-15H,3,5H2. The third-order valence-corrected chi connectivity index (χ3v) is 2.33. The lowest BCUT2D eigenvalue weighted by atomic mass is 10.0. The molecule has 2 atom stereocenters. The molecule has 1 aromatic rings. The van der Waals surface area contributed by atoms with Gasteiger partial charge in [0, 0.05) is 11.8 Å². The van der Waals surface area contributed by atoms with E-state index in [9.17, 15) is 15.0 Å². The average molecular weight is 227 g/mol. The van der Waals surface area contributed by atoms with Crippen LogP contribution in [0.25, 0.3) is 0 Å². The summed E-state index contributed by atoms with van der Waals surface area (Å²) in [6.45, 7) is 0. The Morgan fingerprint density at radius 3 is 2.87 bits per heavy atom. The molecule has 1 aromatic heterocycles. The van der Waals surface area contributed by atoms with E-state index in [1.54, 1.807) is 12.1 Å². The number of hydrogen-bond acceptors (Lipinski definition) is 5. The zero-order valence-corrected chi connectivity index (χ0v) is 8.97. The molecular formula is C10H13NO3S. The second-order valence-corrected chi connectivity index (χ2v) is 3.57. The molecule has 0 spiro atoms. The van der Waals surface area contributed by atoms with Crippen LogP contribution in [0.1, 0.15) is 28.6 Å². The molecule has 0 fully saturated rings. The van der Waals surface area contributed by atoms with Crippen molar-refractivity contribution in [2.24, 2.45) is 0 Å². The molecule has 0 saturated carbocycles. The molecule has 0 aromatic carbocycles. The van der Waals surface area contributed by atoms with Crippen molar-refractivity contribution in [2.45, 2.75) is 18.6 Å². The number of thiol groups is 1. The van der Waals surface area contributed by atoms with E-state index in [1.165, 1.54) is 6.20 Å². The van der Waals surface area contributed by atoms with Crippen molar-refractivity contribution < 1.29 is 15.0 Å². The zero-order valence-electron chi connectivity index (χ0n) is 8.08. The van der Waals surface area contributed by atoms with Crippen LogP contribution in [0.5, 0.6) is 0 Å². The lowest BCUT2D eigenvalue weighted by molar-refractivity contribution is 0.0143. The van der Waals surface area contributed by atoms with Crippen LogP contribution in [0.2, 0.25) is 0 Å². The largest absolute Gasteiger partial charge is 0.390 e. The van der Waals surface area contributed by atoms with Crippen molar-refractivity contribution in [1.82, 2.24) is 4.98 Å². The topological polar surface area (TPSA) is 70.4 Å². The van der Waals surface area contributed by atoms with Crippen LogP contribution in [0.3, 0.4) is 0 Å². The van der Waals surface area contributed by atoms with Crippen molar-refractivity contribution in [3.8, 4) is 0 Å². The maximum Gasteiger partial charge on any atom is 0.151 e. The van der Waals surface area contributed by atoms with E-state index in [1.807, 2.05) is 0 Å². The predicted molar refractivity (Wildman–Crippen MR) is 59.1 cm³/mol.